The predicted molar refractivity (Wildman–Crippen MR) is 38.7 cm³/mol. The first-order valence-electron chi connectivity index (χ1n) is 3.95. The van der Waals surface area contributed by atoms with Crippen LogP contribution in [0.4, 0.5) is 0 Å². The number of hydrogen-bond donors (Lipinski definition) is 1. The summed E-state index contributed by atoms with van der Waals surface area (Å²) in [7, 11) is 0. The molecule has 0 aromatic heterocycles. The van der Waals surface area contributed by atoms with E-state index in [1.54, 1.807) is 0 Å². The van der Waals surface area contributed by atoms with Gasteiger partial charge in [0.05, 0.1) is 0 Å². The molecule has 10 heavy (non-hydrogen) atoms. The van der Waals surface area contributed by atoms with Crippen molar-refractivity contribution in [1.29, 1.82) is 0 Å². The van der Waals surface area contributed by atoms with Gasteiger partial charge < -0.3 is 5.11 Å². The van der Waals surface area contributed by atoms with E-state index in [-0.39, 0.29) is 5.78 Å². The van der Waals surface area contributed by atoms with Gasteiger partial charge in [-0.3, -0.25) is 4.79 Å². The lowest BCUT2D eigenvalue weighted by molar-refractivity contribution is -0.141. The molecule has 1 rings (SSSR count). The summed E-state index contributed by atoms with van der Waals surface area (Å²) in [6.45, 7) is 1.86. The Bertz CT molecular complexity index is 142. The number of rotatable bonds is 1. The van der Waals surface area contributed by atoms with Crippen LogP contribution in [0.1, 0.15) is 39.0 Å². The van der Waals surface area contributed by atoms with Gasteiger partial charge in [-0.05, 0) is 25.7 Å². The van der Waals surface area contributed by atoms with Gasteiger partial charge in [-0.15, -0.1) is 0 Å². The molecule has 1 N–H and O–H groups in total. The molecule has 1 aliphatic rings. The molecular weight excluding hydrogens is 128 g/mol. The molecule has 0 bridgehead atoms. The Morgan fingerprint density at radius 1 is 1.60 bits per heavy atom. The molecule has 0 aliphatic heterocycles. The van der Waals surface area contributed by atoms with Gasteiger partial charge in [0.2, 0.25) is 0 Å². The van der Waals surface area contributed by atoms with Crippen molar-refractivity contribution in [3.05, 3.63) is 0 Å². The second-order valence-electron chi connectivity index (χ2n) is 3.02. The molecule has 0 spiro atoms. The third-order valence-corrected chi connectivity index (χ3v) is 2.35. The maximum Gasteiger partial charge on any atom is 0.164 e. The molecule has 2 heteroatoms. The highest BCUT2D eigenvalue weighted by Gasteiger charge is 2.35. The summed E-state index contributed by atoms with van der Waals surface area (Å²) in [6.07, 6.45) is 3.77. The largest absolute Gasteiger partial charge is 0.382 e. The average Bonchev–Trinajstić information content (AvgIpc) is 1.96. The van der Waals surface area contributed by atoms with Gasteiger partial charge >= 0.3 is 0 Å². The van der Waals surface area contributed by atoms with Crippen LogP contribution in [0.5, 0.6) is 0 Å². The third-order valence-electron chi connectivity index (χ3n) is 2.35. The molecular formula is C8H14O2. The number of carbonyl (C=O) groups is 1. The summed E-state index contributed by atoms with van der Waals surface area (Å²) >= 11 is 0. The van der Waals surface area contributed by atoms with Crippen LogP contribution in [0, 0.1) is 0 Å². The Hall–Kier alpha value is -0.370. The zero-order valence-electron chi connectivity index (χ0n) is 6.39. The van der Waals surface area contributed by atoms with E-state index in [1.807, 2.05) is 6.92 Å². The molecule has 1 atom stereocenters. The number of aliphatic hydroxyl groups is 1. The fourth-order valence-corrected chi connectivity index (χ4v) is 1.45. The number of Topliss-reactive ketones (excluding diaryl/α,β-unsaturated/α-hetero) is 1. The lowest BCUT2D eigenvalue weighted by Crippen LogP contribution is -2.40. The van der Waals surface area contributed by atoms with Crippen molar-refractivity contribution in [2.24, 2.45) is 0 Å². The Morgan fingerprint density at radius 2 is 2.30 bits per heavy atom. The van der Waals surface area contributed by atoms with E-state index < -0.39 is 5.60 Å². The molecule has 0 heterocycles. The highest BCUT2D eigenvalue weighted by Crippen LogP contribution is 2.27. The minimum Gasteiger partial charge on any atom is -0.382 e. The monoisotopic (exact) mass is 142 g/mol. The molecule has 2 nitrogen and oxygen atoms in total. The molecule has 0 aromatic rings. The fraction of sp³-hybridized carbons (Fsp3) is 0.875. The van der Waals surface area contributed by atoms with Gasteiger partial charge in [0.15, 0.2) is 5.78 Å². The Morgan fingerprint density at radius 3 is 2.70 bits per heavy atom. The van der Waals surface area contributed by atoms with Crippen molar-refractivity contribution < 1.29 is 9.90 Å². The van der Waals surface area contributed by atoms with E-state index in [9.17, 15) is 9.90 Å². The molecule has 0 saturated heterocycles. The minimum atomic E-state index is -0.960. The molecule has 0 aromatic carbocycles. The van der Waals surface area contributed by atoms with Gasteiger partial charge in [0.1, 0.15) is 5.60 Å². The first-order valence-corrected chi connectivity index (χ1v) is 3.95. The van der Waals surface area contributed by atoms with Crippen LogP contribution >= 0.6 is 0 Å². The second-order valence-corrected chi connectivity index (χ2v) is 3.02. The molecule has 1 unspecified atom stereocenters. The number of hydrogen-bond acceptors (Lipinski definition) is 2. The molecule has 0 radical (unpaired) electrons. The van der Waals surface area contributed by atoms with Crippen molar-refractivity contribution in [2.75, 3.05) is 0 Å². The number of ketones is 1. The lowest BCUT2D eigenvalue weighted by atomic mass is 9.82. The van der Waals surface area contributed by atoms with E-state index in [0.717, 1.165) is 12.8 Å². The van der Waals surface area contributed by atoms with Crippen molar-refractivity contribution in [3.63, 3.8) is 0 Å². The smallest absolute Gasteiger partial charge is 0.164 e. The van der Waals surface area contributed by atoms with Gasteiger partial charge in [-0.2, -0.15) is 0 Å². The van der Waals surface area contributed by atoms with Gasteiger partial charge in [-0.25, -0.2) is 0 Å². The standard InChI is InChI=1S/C8H14O2/c1-2-8(10)6-4-3-5-7(8)9/h10H,2-6H2,1H3. The summed E-state index contributed by atoms with van der Waals surface area (Å²) in [5, 5.41) is 9.60. The van der Waals surface area contributed by atoms with Crippen LogP contribution in [-0.2, 0) is 4.79 Å². The van der Waals surface area contributed by atoms with E-state index in [1.165, 1.54) is 0 Å². The Labute approximate surface area is 61.2 Å². The van der Waals surface area contributed by atoms with Gasteiger partial charge in [0, 0.05) is 6.42 Å². The van der Waals surface area contributed by atoms with E-state index in [4.69, 9.17) is 0 Å². The van der Waals surface area contributed by atoms with Crippen molar-refractivity contribution in [1.82, 2.24) is 0 Å². The quantitative estimate of drug-likeness (QED) is 0.598. The van der Waals surface area contributed by atoms with E-state index in [2.05, 4.69) is 0 Å². The van der Waals surface area contributed by atoms with Crippen LogP contribution in [0.15, 0.2) is 0 Å². The number of carbonyl (C=O) groups excluding carboxylic acids is 1. The second kappa shape index (κ2) is 2.70. The van der Waals surface area contributed by atoms with Gasteiger partial charge in [-0.1, -0.05) is 6.92 Å². The maximum absolute atomic E-state index is 11.1. The summed E-state index contributed by atoms with van der Waals surface area (Å²) in [5.74, 6) is 0.0428. The minimum absolute atomic E-state index is 0.0428. The fourth-order valence-electron chi connectivity index (χ4n) is 1.45. The van der Waals surface area contributed by atoms with Crippen molar-refractivity contribution in [2.45, 2.75) is 44.6 Å². The highest BCUT2D eigenvalue weighted by atomic mass is 16.3. The normalized spacial score (nSPS) is 34.4. The van der Waals surface area contributed by atoms with Gasteiger partial charge in [0.25, 0.3) is 0 Å². The summed E-state index contributed by atoms with van der Waals surface area (Å²) < 4.78 is 0. The molecule has 1 saturated carbocycles. The van der Waals surface area contributed by atoms with Crippen LogP contribution in [-0.4, -0.2) is 16.5 Å². The summed E-state index contributed by atoms with van der Waals surface area (Å²) in [6, 6.07) is 0. The zero-order valence-corrected chi connectivity index (χ0v) is 6.39. The first-order chi connectivity index (χ1) is 4.69. The summed E-state index contributed by atoms with van der Waals surface area (Å²) in [4.78, 5) is 11.1. The molecule has 0 amide bonds. The highest BCUT2D eigenvalue weighted by molar-refractivity contribution is 5.87. The molecule has 1 fully saturated rings. The topological polar surface area (TPSA) is 37.3 Å². The third kappa shape index (κ3) is 1.21. The SMILES string of the molecule is CCC1(O)CCCCC1=O. The van der Waals surface area contributed by atoms with Crippen LogP contribution in [0.2, 0.25) is 0 Å². The van der Waals surface area contributed by atoms with Crippen molar-refractivity contribution in [3.8, 4) is 0 Å². The molecule has 1 aliphatic carbocycles. The van der Waals surface area contributed by atoms with Crippen LogP contribution in [0.25, 0.3) is 0 Å². The maximum atomic E-state index is 11.1. The lowest BCUT2D eigenvalue weighted by Gasteiger charge is -2.28. The van der Waals surface area contributed by atoms with E-state index >= 15 is 0 Å². The Balaban J connectivity index is 2.63. The van der Waals surface area contributed by atoms with Crippen molar-refractivity contribution >= 4 is 5.78 Å². The predicted octanol–water partition coefficient (Wildman–Crippen LogP) is 1.27. The first kappa shape index (κ1) is 7.73. The summed E-state index contributed by atoms with van der Waals surface area (Å²) in [5.41, 5.74) is -0.960. The zero-order chi connectivity index (χ0) is 7.61. The molecule has 58 valence electrons. The van der Waals surface area contributed by atoms with Crippen LogP contribution in [0.3, 0.4) is 0 Å². The average molecular weight is 142 g/mol. The van der Waals surface area contributed by atoms with E-state index in [0.29, 0.717) is 19.3 Å². The van der Waals surface area contributed by atoms with Crippen LogP contribution < -0.4 is 0 Å². The Kier molecular flexibility index (Phi) is 2.09.